The van der Waals surface area contributed by atoms with Crippen LogP contribution in [-0.4, -0.2) is 49.5 Å². The molecule has 1 aliphatic rings. The van der Waals surface area contributed by atoms with Crippen molar-refractivity contribution in [1.29, 1.82) is 0 Å². The van der Waals surface area contributed by atoms with Gasteiger partial charge < -0.3 is 14.7 Å². The number of benzene rings is 1. The predicted octanol–water partition coefficient (Wildman–Crippen LogP) is 4.07. The van der Waals surface area contributed by atoms with Gasteiger partial charge in [-0.2, -0.15) is 23.3 Å². The fourth-order valence-corrected chi connectivity index (χ4v) is 4.43. The van der Waals surface area contributed by atoms with Crippen LogP contribution in [0.15, 0.2) is 23.8 Å². The zero-order valence-electron chi connectivity index (χ0n) is 17.3. The second-order valence-electron chi connectivity index (χ2n) is 7.50. The molecule has 178 valence electrons. The highest BCUT2D eigenvalue weighted by atomic mass is 32.1. The minimum atomic E-state index is -5.15. The summed E-state index contributed by atoms with van der Waals surface area (Å²) in [6, 6.07) is 0.278. The Bertz CT molecular complexity index is 1370. The molecule has 1 N–H and O–H groups in total. The Kier molecular flexibility index (Phi) is 5.36. The molecule has 0 spiro atoms. The number of aryl methyl sites for hydroxylation is 1. The van der Waals surface area contributed by atoms with Crippen LogP contribution in [-0.2, 0) is 18.0 Å². The van der Waals surface area contributed by atoms with E-state index in [2.05, 4.69) is 20.1 Å². The number of aromatic nitrogens is 5. The van der Waals surface area contributed by atoms with Gasteiger partial charge in [-0.15, -0.1) is 11.3 Å². The number of halogens is 5. The normalized spacial score (nSPS) is 17.0. The van der Waals surface area contributed by atoms with Gasteiger partial charge in [-0.05, 0) is 6.07 Å². The standard InChI is InChI=1S/C20H15F5N6O2S/c1-30-17-10(15(29-30)9-6-11(20(23,24)25)14(22)16(32)13(9)21)7-27-19(28-17)31-3-4-33-12(8-31)18-26-2-5-34-18/h2,5-7,12,32H,3-4,8H2,1H3. The SMILES string of the molecule is Cn1nc(-c2cc(C(F)(F)F)c(F)c(O)c2F)c2cnc(N3CCOC(c4nccs4)C3)nc21. The molecule has 0 saturated carbocycles. The predicted molar refractivity (Wildman–Crippen MR) is 111 cm³/mol. The minimum absolute atomic E-state index is 0.133. The van der Waals surface area contributed by atoms with Gasteiger partial charge in [0.1, 0.15) is 16.8 Å². The molecule has 1 unspecified atom stereocenters. The first-order valence-electron chi connectivity index (χ1n) is 9.89. The van der Waals surface area contributed by atoms with E-state index in [1.165, 1.54) is 29.3 Å². The van der Waals surface area contributed by atoms with Gasteiger partial charge in [0.25, 0.3) is 0 Å². The van der Waals surface area contributed by atoms with E-state index in [1.807, 2.05) is 10.3 Å². The van der Waals surface area contributed by atoms with Gasteiger partial charge in [-0.3, -0.25) is 0 Å². The number of hydrogen-bond donors (Lipinski definition) is 1. The van der Waals surface area contributed by atoms with Gasteiger partial charge in [0.05, 0.1) is 24.1 Å². The Morgan fingerprint density at radius 1 is 1.21 bits per heavy atom. The average molecular weight is 498 g/mol. The van der Waals surface area contributed by atoms with Crippen LogP contribution in [0.5, 0.6) is 5.75 Å². The van der Waals surface area contributed by atoms with Crippen LogP contribution in [0.1, 0.15) is 16.7 Å². The lowest BCUT2D eigenvalue weighted by molar-refractivity contribution is -0.140. The number of nitrogens with zero attached hydrogens (tertiary/aromatic N) is 6. The first kappa shape index (κ1) is 22.4. The van der Waals surface area contributed by atoms with E-state index in [0.717, 1.165) is 5.01 Å². The molecule has 1 aromatic carbocycles. The molecule has 1 aliphatic heterocycles. The Balaban J connectivity index is 1.56. The summed E-state index contributed by atoms with van der Waals surface area (Å²) in [5, 5.41) is 16.5. The number of fused-ring (bicyclic) bond motifs is 1. The number of aromatic hydroxyl groups is 1. The average Bonchev–Trinajstić information content (AvgIpc) is 3.46. The van der Waals surface area contributed by atoms with Crippen molar-refractivity contribution in [1.82, 2.24) is 24.7 Å². The van der Waals surface area contributed by atoms with Gasteiger partial charge in [-0.25, -0.2) is 23.4 Å². The van der Waals surface area contributed by atoms with E-state index in [4.69, 9.17) is 4.74 Å². The molecule has 0 aliphatic carbocycles. The lowest BCUT2D eigenvalue weighted by atomic mass is 10.0. The van der Waals surface area contributed by atoms with Gasteiger partial charge in [0, 0.05) is 36.9 Å². The van der Waals surface area contributed by atoms with Crippen molar-refractivity contribution in [3.63, 3.8) is 0 Å². The first-order chi connectivity index (χ1) is 16.1. The zero-order valence-corrected chi connectivity index (χ0v) is 18.2. The number of thiazole rings is 1. The first-order valence-corrected chi connectivity index (χ1v) is 10.8. The number of morpholine rings is 1. The Labute approximate surface area is 192 Å². The minimum Gasteiger partial charge on any atom is -0.503 e. The largest absolute Gasteiger partial charge is 0.503 e. The van der Waals surface area contributed by atoms with E-state index in [0.29, 0.717) is 25.6 Å². The lowest BCUT2D eigenvalue weighted by Crippen LogP contribution is -2.39. The third-order valence-electron chi connectivity index (χ3n) is 5.38. The summed E-state index contributed by atoms with van der Waals surface area (Å²) in [5.74, 6) is -5.06. The summed E-state index contributed by atoms with van der Waals surface area (Å²) < 4.78 is 75.2. The third kappa shape index (κ3) is 3.72. The monoisotopic (exact) mass is 498 g/mol. The van der Waals surface area contributed by atoms with Crippen molar-refractivity contribution < 1.29 is 31.8 Å². The maximum atomic E-state index is 14.6. The highest BCUT2D eigenvalue weighted by Gasteiger charge is 2.38. The molecule has 14 heteroatoms. The zero-order chi connectivity index (χ0) is 24.2. The second-order valence-corrected chi connectivity index (χ2v) is 8.43. The maximum Gasteiger partial charge on any atom is 0.419 e. The van der Waals surface area contributed by atoms with E-state index in [1.54, 1.807) is 6.20 Å². The molecule has 0 bridgehead atoms. The molecule has 5 rings (SSSR count). The number of phenols is 1. The number of hydrogen-bond acceptors (Lipinski definition) is 8. The lowest BCUT2D eigenvalue weighted by Gasteiger charge is -2.31. The molecular formula is C20H15F5N6O2S. The molecule has 4 aromatic rings. The third-order valence-corrected chi connectivity index (χ3v) is 6.25. The highest BCUT2D eigenvalue weighted by molar-refractivity contribution is 7.09. The van der Waals surface area contributed by atoms with E-state index in [-0.39, 0.29) is 28.9 Å². The van der Waals surface area contributed by atoms with Gasteiger partial charge in [0.15, 0.2) is 23.0 Å². The molecule has 0 amide bonds. The second kappa shape index (κ2) is 8.13. The molecule has 3 aromatic heterocycles. The molecule has 8 nitrogen and oxygen atoms in total. The molecule has 0 radical (unpaired) electrons. The summed E-state index contributed by atoms with van der Waals surface area (Å²) in [6.45, 7) is 1.33. The smallest absolute Gasteiger partial charge is 0.419 e. The summed E-state index contributed by atoms with van der Waals surface area (Å²) in [7, 11) is 1.48. The van der Waals surface area contributed by atoms with Crippen LogP contribution in [0.25, 0.3) is 22.3 Å². The summed E-state index contributed by atoms with van der Waals surface area (Å²) in [5.41, 5.74) is -2.57. The van der Waals surface area contributed by atoms with Gasteiger partial charge in [0.2, 0.25) is 5.95 Å². The number of anilines is 1. The topological polar surface area (TPSA) is 89.2 Å². The highest BCUT2D eigenvalue weighted by Crippen LogP contribution is 2.41. The summed E-state index contributed by atoms with van der Waals surface area (Å²) in [4.78, 5) is 14.9. The van der Waals surface area contributed by atoms with E-state index < -0.39 is 34.7 Å². The van der Waals surface area contributed by atoms with Crippen LogP contribution in [0, 0.1) is 11.6 Å². The van der Waals surface area contributed by atoms with Crippen molar-refractivity contribution in [3.05, 3.63) is 46.0 Å². The van der Waals surface area contributed by atoms with Crippen molar-refractivity contribution >= 4 is 28.3 Å². The van der Waals surface area contributed by atoms with Crippen molar-refractivity contribution in [2.45, 2.75) is 12.3 Å². The fourth-order valence-electron chi connectivity index (χ4n) is 3.76. The van der Waals surface area contributed by atoms with Gasteiger partial charge in [-0.1, -0.05) is 0 Å². The number of alkyl halides is 3. The number of ether oxygens (including phenoxy) is 1. The summed E-state index contributed by atoms with van der Waals surface area (Å²) in [6.07, 6.45) is -2.44. The van der Waals surface area contributed by atoms with E-state index in [9.17, 15) is 27.1 Å². The van der Waals surface area contributed by atoms with Crippen molar-refractivity contribution in [2.24, 2.45) is 7.05 Å². The molecule has 34 heavy (non-hydrogen) atoms. The molecule has 1 fully saturated rings. The van der Waals surface area contributed by atoms with Gasteiger partial charge >= 0.3 is 6.18 Å². The quantitative estimate of drug-likeness (QED) is 0.426. The summed E-state index contributed by atoms with van der Waals surface area (Å²) >= 11 is 1.46. The molecule has 4 heterocycles. The fraction of sp³-hybridized carbons (Fsp3) is 0.300. The van der Waals surface area contributed by atoms with Crippen molar-refractivity contribution in [2.75, 3.05) is 24.6 Å². The molecule has 1 atom stereocenters. The Morgan fingerprint density at radius 2 is 2.00 bits per heavy atom. The Hall–Kier alpha value is -3.39. The number of phenolic OH excluding ortho intramolecular Hbond substituents is 1. The van der Waals surface area contributed by atoms with Crippen LogP contribution in [0.4, 0.5) is 27.9 Å². The Morgan fingerprint density at radius 3 is 2.71 bits per heavy atom. The van der Waals surface area contributed by atoms with Crippen LogP contribution in [0.2, 0.25) is 0 Å². The molecular weight excluding hydrogens is 483 g/mol. The maximum absolute atomic E-state index is 14.6. The van der Waals surface area contributed by atoms with Crippen LogP contribution >= 0.6 is 11.3 Å². The van der Waals surface area contributed by atoms with Crippen LogP contribution < -0.4 is 4.90 Å². The van der Waals surface area contributed by atoms with Crippen LogP contribution in [0.3, 0.4) is 0 Å². The molecule has 1 saturated heterocycles. The van der Waals surface area contributed by atoms with Crippen molar-refractivity contribution in [3.8, 4) is 17.0 Å². The number of rotatable bonds is 3. The van der Waals surface area contributed by atoms with E-state index >= 15 is 0 Å².